The lowest BCUT2D eigenvalue weighted by Crippen LogP contribution is -2.00. The molecular formula is C16H13N5O2. The number of ether oxygens (including phenoxy) is 1. The smallest absolute Gasteiger partial charge is 0.325 e. The van der Waals surface area contributed by atoms with Crippen molar-refractivity contribution in [1.29, 1.82) is 0 Å². The second kappa shape index (κ2) is 5.13. The van der Waals surface area contributed by atoms with E-state index in [2.05, 4.69) is 19.9 Å². The lowest BCUT2D eigenvalue weighted by Gasteiger charge is -2.11. The molecule has 3 aromatic rings. The fourth-order valence-corrected chi connectivity index (χ4v) is 2.51. The first-order chi connectivity index (χ1) is 11.2. The molecule has 7 heteroatoms. The summed E-state index contributed by atoms with van der Waals surface area (Å²) in [5, 5.41) is 0. The van der Waals surface area contributed by atoms with E-state index in [1.54, 1.807) is 18.5 Å². The zero-order valence-corrected chi connectivity index (χ0v) is 12.0. The number of nitrogens with zero attached hydrogens (tertiary/aromatic N) is 2. The van der Waals surface area contributed by atoms with Gasteiger partial charge in [-0.25, -0.2) is 9.78 Å². The minimum atomic E-state index is -0.327. The van der Waals surface area contributed by atoms with Gasteiger partial charge in [-0.05, 0) is 24.3 Å². The fourth-order valence-electron chi connectivity index (χ4n) is 2.51. The number of pyridine rings is 2. The Morgan fingerprint density at radius 1 is 1.17 bits per heavy atom. The van der Waals surface area contributed by atoms with Crippen LogP contribution >= 0.6 is 0 Å². The summed E-state index contributed by atoms with van der Waals surface area (Å²) in [5.41, 5.74) is 8.90. The molecule has 0 unspecified atom stereocenters. The van der Waals surface area contributed by atoms with E-state index in [0.29, 0.717) is 34.8 Å². The molecule has 0 saturated heterocycles. The van der Waals surface area contributed by atoms with Crippen LogP contribution in [-0.2, 0) is 0 Å². The third-order valence-electron chi connectivity index (χ3n) is 3.55. The number of nitrogens with two attached hydrogens (primary N) is 1. The summed E-state index contributed by atoms with van der Waals surface area (Å²) < 4.78 is 6.04. The Morgan fingerprint density at radius 2 is 2.09 bits per heavy atom. The fraction of sp³-hybridized carbons (Fsp3) is 0.0625. The van der Waals surface area contributed by atoms with Crippen molar-refractivity contribution in [1.82, 2.24) is 19.9 Å². The van der Waals surface area contributed by atoms with Crippen LogP contribution in [-0.4, -0.2) is 19.9 Å². The number of aromatic amines is 2. The topological polar surface area (TPSA) is 110 Å². The number of aromatic nitrogens is 4. The van der Waals surface area contributed by atoms with Gasteiger partial charge >= 0.3 is 5.69 Å². The standard InChI is InChI=1S/C16H13N5O2/c17-9-3-4-12(10-2-1-6-18-11(10)8-9)23-13-5-7-19-15-14(13)20-16(22)21-15/h1-2,4-8H,3,17H2,(H2,19,20,21,22). The van der Waals surface area contributed by atoms with Crippen LogP contribution in [0.4, 0.5) is 0 Å². The van der Waals surface area contributed by atoms with Gasteiger partial charge in [-0.1, -0.05) is 0 Å². The summed E-state index contributed by atoms with van der Waals surface area (Å²) >= 11 is 0. The van der Waals surface area contributed by atoms with E-state index in [4.69, 9.17) is 10.5 Å². The number of hydrogen-bond acceptors (Lipinski definition) is 5. The monoisotopic (exact) mass is 307 g/mol. The Hall–Kier alpha value is -3.35. The molecule has 0 spiro atoms. The van der Waals surface area contributed by atoms with Crippen LogP contribution < -0.4 is 16.2 Å². The van der Waals surface area contributed by atoms with E-state index in [0.717, 1.165) is 11.3 Å². The van der Waals surface area contributed by atoms with Crippen molar-refractivity contribution in [3.8, 4) is 5.75 Å². The highest BCUT2D eigenvalue weighted by Crippen LogP contribution is 2.29. The van der Waals surface area contributed by atoms with E-state index in [-0.39, 0.29) is 5.69 Å². The van der Waals surface area contributed by atoms with Crippen molar-refractivity contribution in [3.05, 3.63) is 64.1 Å². The van der Waals surface area contributed by atoms with Gasteiger partial charge in [-0.15, -0.1) is 0 Å². The molecule has 1 aliphatic carbocycles. The molecular weight excluding hydrogens is 294 g/mol. The molecule has 4 rings (SSSR count). The predicted octanol–water partition coefficient (Wildman–Crippen LogP) is 1.77. The molecule has 0 atom stereocenters. The van der Waals surface area contributed by atoms with Gasteiger partial charge in [0.25, 0.3) is 0 Å². The van der Waals surface area contributed by atoms with Crippen molar-refractivity contribution >= 4 is 23.0 Å². The van der Waals surface area contributed by atoms with Crippen molar-refractivity contribution in [2.45, 2.75) is 6.42 Å². The minimum Gasteiger partial charge on any atom is -0.455 e. The number of H-pyrrole nitrogens is 2. The molecule has 0 saturated carbocycles. The van der Waals surface area contributed by atoms with Crippen LogP contribution in [0.15, 0.2) is 47.2 Å². The Labute approximate surface area is 130 Å². The van der Waals surface area contributed by atoms with E-state index in [1.807, 2.05) is 24.3 Å². The van der Waals surface area contributed by atoms with E-state index >= 15 is 0 Å². The van der Waals surface area contributed by atoms with Gasteiger partial charge in [-0.3, -0.25) is 9.97 Å². The molecule has 3 aromatic heterocycles. The highest BCUT2D eigenvalue weighted by Gasteiger charge is 2.15. The van der Waals surface area contributed by atoms with E-state index in [9.17, 15) is 4.79 Å². The normalized spacial score (nSPS) is 13.9. The summed E-state index contributed by atoms with van der Waals surface area (Å²) in [5.74, 6) is 1.15. The summed E-state index contributed by atoms with van der Waals surface area (Å²) in [4.78, 5) is 25.2. The lowest BCUT2D eigenvalue weighted by atomic mass is 10.1. The van der Waals surface area contributed by atoms with Crippen LogP contribution in [0.25, 0.3) is 23.0 Å². The predicted molar refractivity (Wildman–Crippen MR) is 86.3 cm³/mol. The first-order valence-corrected chi connectivity index (χ1v) is 7.07. The van der Waals surface area contributed by atoms with Gasteiger partial charge < -0.3 is 15.5 Å². The first kappa shape index (κ1) is 13.3. The summed E-state index contributed by atoms with van der Waals surface area (Å²) in [6, 6.07) is 5.46. The molecule has 0 amide bonds. The van der Waals surface area contributed by atoms with Crippen molar-refractivity contribution in [2.24, 2.45) is 5.73 Å². The molecule has 1 aliphatic rings. The third kappa shape index (κ3) is 2.38. The molecule has 23 heavy (non-hydrogen) atoms. The molecule has 4 N–H and O–H groups in total. The summed E-state index contributed by atoms with van der Waals surface area (Å²) in [6.45, 7) is 0. The van der Waals surface area contributed by atoms with Crippen LogP contribution in [0.2, 0.25) is 0 Å². The van der Waals surface area contributed by atoms with Crippen LogP contribution in [0.1, 0.15) is 17.7 Å². The summed E-state index contributed by atoms with van der Waals surface area (Å²) in [7, 11) is 0. The molecule has 3 heterocycles. The Kier molecular flexibility index (Phi) is 2.97. The molecule has 0 aromatic carbocycles. The number of hydrogen-bond donors (Lipinski definition) is 3. The molecule has 7 nitrogen and oxygen atoms in total. The average molecular weight is 307 g/mol. The average Bonchev–Trinajstić information content (AvgIpc) is 2.85. The Morgan fingerprint density at radius 3 is 3.00 bits per heavy atom. The van der Waals surface area contributed by atoms with E-state index < -0.39 is 0 Å². The zero-order chi connectivity index (χ0) is 15.8. The number of allylic oxidation sites excluding steroid dienone is 1. The van der Waals surface area contributed by atoms with Crippen molar-refractivity contribution in [3.63, 3.8) is 0 Å². The Balaban J connectivity index is 1.81. The SMILES string of the molecule is NC1=Cc2ncccc2C(Oc2ccnc3[nH]c(=O)[nH]c23)=CC1. The van der Waals surface area contributed by atoms with Crippen LogP contribution in [0.5, 0.6) is 5.75 Å². The number of fused-ring (bicyclic) bond motifs is 2. The van der Waals surface area contributed by atoms with Gasteiger partial charge in [0, 0.05) is 36.1 Å². The van der Waals surface area contributed by atoms with Crippen molar-refractivity contribution in [2.75, 3.05) is 0 Å². The lowest BCUT2D eigenvalue weighted by molar-refractivity contribution is 0.517. The third-order valence-corrected chi connectivity index (χ3v) is 3.55. The maximum absolute atomic E-state index is 11.5. The van der Waals surface area contributed by atoms with Crippen LogP contribution in [0, 0.1) is 0 Å². The quantitative estimate of drug-likeness (QED) is 0.668. The second-order valence-electron chi connectivity index (χ2n) is 5.14. The maximum atomic E-state index is 11.5. The molecule has 0 aliphatic heterocycles. The Bertz CT molecular complexity index is 1010. The highest BCUT2D eigenvalue weighted by atomic mass is 16.5. The first-order valence-electron chi connectivity index (χ1n) is 7.07. The number of imidazole rings is 1. The van der Waals surface area contributed by atoms with Crippen molar-refractivity contribution < 1.29 is 4.74 Å². The van der Waals surface area contributed by atoms with Gasteiger partial charge in [0.05, 0.1) is 5.69 Å². The molecule has 0 fully saturated rings. The van der Waals surface area contributed by atoms with Crippen LogP contribution in [0.3, 0.4) is 0 Å². The minimum absolute atomic E-state index is 0.327. The van der Waals surface area contributed by atoms with E-state index in [1.165, 1.54) is 0 Å². The highest BCUT2D eigenvalue weighted by molar-refractivity contribution is 5.80. The largest absolute Gasteiger partial charge is 0.455 e. The second-order valence-corrected chi connectivity index (χ2v) is 5.14. The number of nitrogens with one attached hydrogen (secondary N) is 2. The van der Waals surface area contributed by atoms with Gasteiger partial charge in [0.1, 0.15) is 11.3 Å². The number of rotatable bonds is 2. The maximum Gasteiger partial charge on any atom is 0.325 e. The van der Waals surface area contributed by atoms with Gasteiger partial charge in [0.15, 0.2) is 11.4 Å². The van der Waals surface area contributed by atoms with Gasteiger partial charge in [-0.2, -0.15) is 0 Å². The summed E-state index contributed by atoms with van der Waals surface area (Å²) in [6.07, 6.45) is 7.58. The zero-order valence-electron chi connectivity index (χ0n) is 12.0. The van der Waals surface area contributed by atoms with Gasteiger partial charge in [0.2, 0.25) is 0 Å². The molecule has 0 radical (unpaired) electrons. The molecule has 114 valence electrons. The molecule has 0 bridgehead atoms.